The van der Waals surface area contributed by atoms with Crippen LogP contribution in [0.2, 0.25) is 0 Å². The highest BCUT2D eigenvalue weighted by Gasteiger charge is 2.16. The summed E-state index contributed by atoms with van der Waals surface area (Å²) >= 11 is 0. The Morgan fingerprint density at radius 3 is 2.43 bits per heavy atom. The van der Waals surface area contributed by atoms with Gasteiger partial charge >= 0.3 is 6.03 Å². The molecule has 0 aliphatic carbocycles. The third kappa shape index (κ3) is 3.88. The maximum atomic E-state index is 12.2. The SMILES string of the molecule is Cc1cccc(NC(=O)Nc2ccc(-c3ccc4c(c3)CCNC4=O)cc2)c1. The lowest BCUT2D eigenvalue weighted by molar-refractivity contribution is 0.0946. The van der Waals surface area contributed by atoms with Crippen molar-refractivity contribution in [1.82, 2.24) is 5.32 Å². The normalized spacial score (nSPS) is 12.7. The summed E-state index contributed by atoms with van der Waals surface area (Å²) in [5.41, 5.74) is 6.48. The minimum atomic E-state index is -0.279. The van der Waals surface area contributed by atoms with Gasteiger partial charge in [-0.05, 0) is 65.9 Å². The molecule has 5 heteroatoms. The van der Waals surface area contributed by atoms with E-state index in [4.69, 9.17) is 0 Å². The van der Waals surface area contributed by atoms with Crippen LogP contribution in [-0.4, -0.2) is 18.5 Å². The van der Waals surface area contributed by atoms with E-state index in [-0.39, 0.29) is 11.9 Å². The number of nitrogens with one attached hydrogen (secondary N) is 3. The van der Waals surface area contributed by atoms with Gasteiger partial charge in [0, 0.05) is 23.5 Å². The second-order valence-corrected chi connectivity index (χ2v) is 6.90. The molecule has 0 unspecified atom stereocenters. The molecule has 3 aromatic carbocycles. The van der Waals surface area contributed by atoms with Crippen molar-refractivity contribution in [2.24, 2.45) is 0 Å². The maximum Gasteiger partial charge on any atom is 0.323 e. The first-order valence-electron chi connectivity index (χ1n) is 9.25. The van der Waals surface area contributed by atoms with Crippen molar-refractivity contribution < 1.29 is 9.59 Å². The van der Waals surface area contributed by atoms with E-state index in [2.05, 4.69) is 22.0 Å². The van der Waals surface area contributed by atoms with Crippen LogP contribution in [0, 0.1) is 6.92 Å². The molecule has 0 radical (unpaired) electrons. The Labute approximate surface area is 163 Å². The summed E-state index contributed by atoms with van der Waals surface area (Å²) in [5, 5.41) is 8.53. The number of anilines is 2. The number of carbonyl (C=O) groups is 2. The van der Waals surface area contributed by atoms with Crippen molar-refractivity contribution in [1.29, 1.82) is 0 Å². The molecule has 3 aromatic rings. The fourth-order valence-electron chi connectivity index (χ4n) is 3.37. The van der Waals surface area contributed by atoms with Crippen molar-refractivity contribution in [3.05, 3.63) is 83.4 Å². The molecule has 0 atom stereocenters. The van der Waals surface area contributed by atoms with Gasteiger partial charge in [-0.3, -0.25) is 4.79 Å². The van der Waals surface area contributed by atoms with Gasteiger partial charge in [0.05, 0.1) is 0 Å². The zero-order chi connectivity index (χ0) is 19.5. The van der Waals surface area contributed by atoms with Crippen LogP contribution in [0.3, 0.4) is 0 Å². The number of amides is 3. The van der Waals surface area contributed by atoms with Crippen molar-refractivity contribution in [3.63, 3.8) is 0 Å². The summed E-state index contributed by atoms with van der Waals surface area (Å²) in [6, 6.07) is 21.0. The molecule has 1 heterocycles. The number of benzene rings is 3. The molecule has 0 spiro atoms. The summed E-state index contributed by atoms with van der Waals surface area (Å²) in [6.07, 6.45) is 0.841. The third-order valence-electron chi connectivity index (χ3n) is 4.78. The fourth-order valence-corrected chi connectivity index (χ4v) is 3.37. The number of urea groups is 1. The second kappa shape index (κ2) is 7.56. The number of aryl methyl sites for hydroxylation is 1. The molecule has 1 aliphatic heterocycles. The predicted octanol–water partition coefficient (Wildman–Crippen LogP) is 4.59. The minimum absolute atomic E-state index is 0.00744. The Hall–Kier alpha value is -3.60. The third-order valence-corrected chi connectivity index (χ3v) is 4.78. The second-order valence-electron chi connectivity index (χ2n) is 6.90. The molecule has 0 aromatic heterocycles. The predicted molar refractivity (Wildman–Crippen MR) is 112 cm³/mol. The number of hydrogen-bond donors (Lipinski definition) is 3. The van der Waals surface area contributed by atoms with Crippen LogP contribution in [-0.2, 0) is 6.42 Å². The van der Waals surface area contributed by atoms with E-state index in [1.165, 1.54) is 0 Å². The summed E-state index contributed by atoms with van der Waals surface area (Å²) < 4.78 is 0. The summed E-state index contributed by atoms with van der Waals surface area (Å²) in [5.74, 6) is -0.00744. The molecule has 0 saturated carbocycles. The maximum absolute atomic E-state index is 12.2. The number of fused-ring (bicyclic) bond motifs is 1. The Balaban J connectivity index is 1.45. The first-order valence-corrected chi connectivity index (χ1v) is 9.25. The molecule has 0 bridgehead atoms. The Bertz CT molecular complexity index is 1040. The van der Waals surface area contributed by atoms with Crippen LogP contribution in [0.15, 0.2) is 66.7 Å². The van der Waals surface area contributed by atoms with Crippen LogP contribution >= 0.6 is 0 Å². The molecule has 3 amide bonds. The molecule has 4 rings (SSSR count). The van der Waals surface area contributed by atoms with Gasteiger partial charge in [-0.15, -0.1) is 0 Å². The lowest BCUT2D eigenvalue weighted by atomic mass is 9.95. The van der Waals surface area contributed by atoms with Crippen molar-refractivity contribution in [2.45, 2.75) is 13.3 Å². The molecule has 3 N–H and O–H groups in total. The Morgan fingerprint density at radius 2 is 1.64 bits per heavy atom. The zero-order valence-electron chi connectivity index (χ0n) is 15.6. The van der Waals surface area contributed by atoms with Crippen LogP contribution in [0.1, 0.15) is 21.5 Å². The summed E-state index contributed by atoms with van der Waals surface area (Å²) in [7, 11) is 0. The van der Waals surface area contributed by atoms with E-state index in [1.807, 2.05) is 67.6 Å². The lowest BCUT2D eigenvalue weighted by Crippen LogP contribution is -2.31. The Kier molecular flexibility index (Phi) is 4.81. The van der Waals surface area contributed by atoms with Gasteiger partial charge in [0.25, 0.3) is 5.91 Å². The van der Waals surface area contributed by atoms with Gasteiger partial charge in [-0.25, -0.2) is 4.79 Å². The first-order chi connectivity index (χ1) is 13.6. The van der Waals surface area contributed by atoms with Crippen LogP contribution in [0.25, 0.3) is 11.1 Å². The molecule has 1 aliphatic rings. The number of rotatable bonds is 3. The molecule has 0 fully saturated rings. The van der Waals surface area contributed by atoms with Crippen molar-refractivity contribution >= 4 is 23.3 Å². The molecule has 0 saturated heterocycles. The highest BCUT2D eigenvalue weighted by atomic mass is 16.2. The van der Waals surface area contributed by atoms with E-state index in [0.29, 0.717) is 12.2 Å². The van der Waals surface area contributed by atoms with Gasteiger partial charge in [0.1, 0.15) is 0 Å². The number of hydrogen-bond acceptors (Lipinski definition) is 2. The van der Waals surface area contributed by atoms with E-state index in [9.17, 15) is 9.59 Å². The monoisotopic (exact) mass is 371 g/mol. The van der Waals surface area contributed by atoms with Crippen molar-refractivity contribution in [2.75, 3.05) is 17.2 Å². The van der Waals surface area contributed by atoms with E-state index in [0.717, 1.165) is 39.9 Å². The van der Waals surface area contributed by atoms with E-state index >= 15 is 0 Å². The average molecular weight is 371 g/mol. The largest absolute Gasteiger partial charge is 0.352 e. The van der Waals surface area contributed by atoms with Gasteiger partial charge in [0.15, 0.2) is 0 Å². The first kappa shape index (κ1) is 17.8. The van der Waals surface area contributed by atoms with Gasteiger partial charge in [-0.2, -0.15) is 0 Å². The molecular formula is C23H21N3O2. The van der Waals surface area contributed by atoms with Crippen LogP contribution in [0.5, 0.6) is 0 Å². The fraction of sp³-hybridized carbons (Fsp3) is 0.130. The Morgan fingerprint density at radius 1 is 0.893 bits per heavy atom. The van der Waals surface area contributed by atoms with E-state index < -0.39 is 0 Å². The van der Waals surface area contributed by atoms with Gasteiger partial charge in [0.2, 0.25) is 0 Å². The molecule has 140 valence electrons. The van der Waals surface area contributed by atoms with Gasteiger partial charge in [-0.1, -0.05) is 36.4 Å². The van der Waals surface area contributed by atoms with Crippen molar-refractivity contribution in [3.8, 4) is 11.1 Å². The highest BCUT2D eigenvalue weighted by Crippen LogP contribution is 2.25. The molecular weight excluding hydrogens is 350 g/mol. The number of carbonyl (C=O) groups excluding carboxylic acids is 2. The summed E-state index contributed by atoms with van der Waals surface area (Å²) in [6.45, 7) is 2.66. The lowest BCUT2D eigenvalue weighted by Gasteiger charge is -2.17. The molecule has 5 nitrogen and oxygen atoms in total. The zero-order valence-corrected chi connectivity index (χ0v) is 15.6. The topological polar surface area (TPSA) is 70.2 Å². The summed E-state index contributed by atoms with van der Waals surface area (Å²) in [4.78, 5) is 24.1. The standard InChI is InChI=1S/C23H21N3O2/c1-15-3-2-4-20(13-15)26-23(28)25-19-8-5-16(6-9-19)17-7-10-21-18(14-17)11-12-24-22(21)27/h2-10,13-14H,11-12H2,1H3,(H,24,27)(H2,25,26,28). The quantitative estimate of drug-likeness (QED) is 0.630. The van der Waals surface area contributed by atoms with Gasteiger partial charge < -0.3 is 16.0 Å². The molecule has 28 heavy (non-hydrogen) atoms. The highest BCUT2D eigenvalue weighted by molar-refractivity contribution is 6.00. The minimum Gasteiger partial charge on any atom is -0.352 e. The average Bonchev–Trinajstić information content (AvgIpc) is 2.68. The van der Waals surface area contributed by atoms with Crippen LogP contribution in [0.4, 0.5) is 16.2 Å². The van der Waals surface area contributed by atoms with Crippen LogP contribution < -0.4 is 16.0 Å². The van der Waals surface area contributed by atoms with E-state index in [1.54, 1.807) is 0 Å². The smallest absolute Gasteiger partial charge is 0.323 e.